The molecular formula is C22H29N3O2. The number of hydrogen-bond donors (Lipinski definition) is 2. The molecule has 0 saturated carbocycles. The summed E-state index contributed by atoms with van der Waals surface area (Å²) in [7, 11) is 0. The molecule has 5 heteroatoms. The molecule has 2 amide bonds. The minimum atomic E-state index is -0.416. The van der Waals surface area contributed by atoms with Gasteiger partial charge in [-0.15, -0.1) is 0 Å². The van der Waals surface area contributed by atoms with Crippen LogP contribution in [-0.2, 0) is 9.59 Å². The van der Waals surface area contributed by atoms with E-state index in [2.05, 4.69) is 5.32 Å². The number of benzene rings is 2. The number of aryl methyl sites for hydroxylation is 2. The van der Waals surface area contributed by atoms with Gasteiger partial charge in [-0.25, -0.2) is 0 Å². The average Bonchev–Trinajstić information content (AvgIpc) is 2.68. The monoisotopic (exact) mass is 367 g/mol. The molecule has 27 heavy (non-hydrogen) atoms. The van der Waals surface area contributed by atoms with E-state index in [1.807, 2.05) is 76.2 Å². The van der Waals surface area contributed by atoms with Gasteiger partial charge in [-0.2, -0.15) is 0 Å². The summed E-state index contributed by atoms with van der Waals surface area (Å²) in [6, 6.07) is 15.0. The summed E-state index contributed by atoms with van der Waals surface area (Å²) in [5, 5.41) is 2.93. The Morgan fingerprint density at radius 2 is 1.63 bits per heavy atom. The van der Waals surface area contributed by atoms with Gasteiger partial charge in [-0.1, -0.05) is 55.5 Å². The summed E-state index contributed by atoms with van der Waals surface area (Å²) in [6.07, 6.45) is 0. The van der Waals surface area contributed by atoms with Crippen LogP contribution in [0.2, 0.25) is 0 Å². The van der Waals surface area contributed by atoms with Gasteiger partial charge >= 0.3 is 0 Å². The van der Waals surface area contributed by atoms with E-state index in [4.69, 9.17) is 5.73 Å². The van der Waals surface area contributed by atoms with Gasteiger partial charge in [-0.05, 0) is 37.5 Å². The van der Waals surface area contributed by atoms with E-state index in [1.165, 1.54) is 0 Å². The molecule has 2 aromatic carbocycles. The van der Waals surface area contributed by atoms with Crippen molar-refractivity contribution in [3.8, 4) is 0 Å². The summed E-state index contributed by atoms with van der Waals surface area (Å²) in [5.41, 5.74) is 9.99. The second-order valence-corrected chi connectivity index (χ2v) is 6.89. The van der Waals surface area contributed by atoms with Crippen LogP contribution in [0.5, 0.6) is 0 Å². The van der Waals surface area contributed by atoms with E-state index >= 15 is 0 Å². The fourth-order valence-corrected chi connectivity index (χ4v) is 3.12. The maximum Gasteiger partial charge on any atom is 0.244 e. The highest BCUT2D eigenvalue weighted by Gasteiger charge is 2.27. The number of nitrogens with two attached hydrogens (primary N) is 1. The summed E-state index contributed by atoms with van der Waals surface area (Å²) < 4.78 is 0. The van der Waals surface area contributed by atoms with E-state index in [0.717, 1.165) is 22.4 Å². The number of likely N-dealkylation sites (N-methyl/N-ethyl adjacent to an activating group) is 1. The fraction of sp³-hybridized carbons (Fsp3) is 0.364. The van der Waals surface area contributed by atoms with Crippen LogP contribution >= 0.6 is 0 Å². The SMILES string of the molecule is CCN(CC(=O)Nc1c(C)cccc1C)C(=O)C(C)C(N)c1ccccc1. The van der Waals surface area contributed by atoms with Gasteiger partial charge in [0.2, 0.25) is 11.8 Å². The molecule has 0 aliphatic carbocycles. The van der Waals surface area contributed by atoms with Crippen molar-refractivity contribution in [2.75, 3.05) is 18.4 Å². The Morgan fingerprint density at radius 3 is 2.19 bits per heavy atom. The third-order valence-electron chi connectivity index (χ3n) is 4.89. The molecule has 0 aliphatic rings. The van der Waals surface area contributed by atoms with Crippen LogP contribution in [-0.4, -0.2) is 29.8 Å². The molecular weight excluding hydrogens is 338 g/mol. The summed E-state index contributed by atoms with van der Waals surface area (Å²) >= 11 is 0. The van der Waals surface area contributed by atoms with Gasteiger partial charge in [0.15, 0.2) is 0 Å². The Kier molecular flexibility index (Phi) is 7.13. The highest BCUT2D eigenvalue weighted by atomic mass is 16.2. The standard InChI is InChI=1S/C22H29N3O2/c1-5-25(14-19(26)24-21-15(2)10-9-11-16(21)3)22(27)17(4)20(23)18-12-7-6-8-13-18/h6-13,17,20H,5,14,23H2,1-4H3,(H,24,26). The third kappa shape index (κ3) is 5.17. The molecule has 0 heterocycles. The largest absolute Gasteiger partial charge is 0.333 e. The number of anilines is 1. The number of carbonyl (C=O) groups is 2. The van der Waals surface area contributed by atoms with Gasteiger partial charge < -0.3 is 16.0 Å². The van der Waals surface area contributed by atoms with Gasteiger partial charge in [-0.3, -0.25) is 9.59 Å². The van der Waals surface area contributed by atoms with Crippen LogP contribution in [0.15, 0.2) is 48.5 Å². The lowest BCUT2D eigenvalue weighted by atomic mass is 9.94. The zero-order valence-corrected chi connectivity index (χ0v) is 16.5. The molecule has 2 unspecified atom stereocenters. The lowest BCUT2D eigenvalue weighted by Gasteiger charge is -2.27. The number of nitrogens with zero attached hydrogens (tertiary/aromatic N) is 1. The van der Waals surface area contributed by atoms with Crippen LogP contribution in [0.4, 0.5) is 5.69 Å². The summed E-state index contributed by atoms with van der Waals surface area (Å²) in [5.74, 6) is -0.742. The molecule has 0 saturated heterocycles. The number of carbonyl (C=O) groups excluding carboxylic acids is 2. The molecule has 3 N–H and O–H groups in total. The number of rotatable bonds is 7. The smallest absolute Gasteiger partial charge is 0.244 e. The van der Waals surface area contributed by atoms with Crippen molar-refractivity contribution in [1.82, 2.24) is 4.90 Å². The minimum absolute atomic E-state index is 0.00889. The van der Waals surface area contributed by atoms with Crippen molar-refractivity contribution < 1.29 is 9.59 Å². The lowest BCUT2D eigenvalue weighted by Crippen LogP contribution is -2.43. The summed E-state index contributed by atoms with van der Waals surface area (Å²) in [6.45, 7) is 8.04. The van der Waals surface area contributed by atoms with Crippen molar-refractivity contribution in [2.45, 2.75) is 33.7 Å². The predicted octanol–water partition coefficient (Wildman–Crippen LogP) is 3.43. The van der Waals surface area contributed by atoms with Crippen LogP contribution in [0.3, 0.4) is 0 Å². The molecule has 2 aromatic rings. The van der Waals surface area contributed by atoms with Crippen LogP contribution in [0, 0.1) is 19.8 Å². The number of hydrogen-bond acceptors (Lipinski definition) is 3. The number of nitrogens with one attached hydrogen (secondary N) is 1. The first kappa shape index (κ1) is 20.6. The molecule has 2 atom stereocenters. The molecule has 0 spiro atoms. The maximum atomic E-state index is 12.9. The average molecular weight is 367 g/mol. The summed E-state index contributed by atoms with van der Waals surface area (Å²) in [4.78, 5) is 26.9. The van der Waals surface area contributed by atoms with E-state index in [-0.39, 0.29) is 18.4 Å². The fourth-order valence-electron chi connectivity index (χ4n) is 3.12. The lowest BCUT2D eigenvalue weighted by molar-refractivity contribution is -0.138. The van der Waals surface area contributed by atoms with Crippen molar-refractivity contribution in [2.24, 2.45) is 11.7 Å². The van der Waals surface area contributed by atoms with E-state index < -0.39 is 12.0 Å². The first-order chi connectivity index (χ1) is 12.8. The first-order valence-corrected chi connectivity index (χ1v) is 9.30. The third-order valence-corrected chi connectivity index (χ3v) is 4.89. The van der Waals surface area contributed by atoms with E-state index in [0.29, 0.717) is 6.54 Å². The quantitative estimate of drug-likeness (QED) is 0.787. The zero-order valence-electron chi connectivity index (χ0n) is 16.5. The molecule has 2 rings (SSSR count). The highest BCUT2D eigenvalue weighted by molar-refractivity contribution is 5.96. The molecule has 0 aromatic heterocycles. The van der Waals surface area contributed by atoms with Crippen molar-refractivity contribution in [1.29, 1.82) is 0 Å². The second kappa shape index (κ2) is 9.33. The second-order valence-electron chi connectivity index (χ2n) is 6.89. The van der Waals surface area contributed by atoms with Gasteiger partial charge in [0.05, 0.1) is 12.5 Å². The van der Waals surface area contributed by atoms with E-state index in [9.17, 15) is 9.59 Å². The van der Waals surface area contributed by atoms with Crippen LogP contribution < -0.4 is 11.1 Å². The maximum absolute atomic E-state index is 12.9. The van der Waals surface area contributed by atoms with Gasteiger partial charge in [0.25, 0.3) is 0 Å². The predicted molar refractivity (Wildman–Crippen MR) is 109 cm³/mol. The van der Waals surface area contributed by atoms with Crippen LogP contribution in [0.1, 0.15) is 36.6 Å². The number of amides is 2. The first-order valence-electron chi connectivity index (χ1n) is 9.30. The molecule has 0 radical (unpaired) electrons. The van der Waals surface area contributed by atoms with Crippen molar-refractivity contribution in [3.05, 3.63) is 65.2 Å². The molecule has 0 bridgehead atoms. The van der Waals surface area contributed by atoms with Gasteiger partial charge in [0, 0.05) is 18.3 Å². The van der Waals surface area contributed by atoms with Crippen molar-refractivity contribution >= 4 is 17.5 Å². The molecule has 0 fully saturated rings. The minimum Gasteiger partial charge on any atom is -0.333 e. The Balaban J connectivity index is 2.05. The topological polar surface area (TPSA) is 75.4 Å². The molecule has 0 aliphatic heterocycles. The van der Waals surface area contributed by atoms with Gasteiger partial charge in [0.1, 0.15) is 0 Å². The highest BCUT2D eigenvalue weighted by Crippen LogP contribution is 2.22. The molecule has 144 valence electrons. The van der Waals surface area contributed by atoms with Crippen LogP contribution in [0.25, 0.3) is 0 Å². The Hall–Kier alpha value is -2.66. The Bertz CT molecular complexity index is 769. The van der Waals surface area contributed by atoms with E-state index in [1.54, 1.807) is 4.90 Å². The Morgan fingerprint density at radius 1 is 1.04 bits per heavy atom. The Labute approximate surface area is 161 Å². The zero-order chi connectivity index (χ0) is 20.0. The normalized spacial score (nSPS) is 12.9. The molecule has 5 nitrogen and oxygen atoms in total. The van der Waals surface area contributed by atoms with Crippen molar-refractivity contribution in [3.63, 3.8) is 0 Å². The number of para-hydroxylation sites is 1.